The number of rotatable bonds is 3. The molecule has 1 atom stereocenters. The van der Waals surface area contributed by atoms with Gasteiger partial charge < -0.3 is 14.6 Å². The number of nitrogens with zero attached hydrogens (tertiary/aromatic N) is 2. The summed E-state index contributed by atoms with van der Waals surface area (Å²) in [5, 5.41) is 3.31. The van der Waals surface area contributed by atoms with Crippen molar-refractivity contribution >= 4 is 11.1 Å². The number of fused-ring (bicyclic) bond motifs is 1. The van der Waals surface area contributed by atoms with Gasteiger partial charge in [0.2, 0.25) is 0 Å². The van der Waals surface area contributed by atoms with Crippen molar-refractivity contribution in [1.29, 1.82) is 0 Å². The zero-order chi connectivity index (χ0) is 13.6. The standard InChI is InChI=1S/C14H19N3O2/c1-16(2)13(10-7-15-8-10)9-4-5-11-12(6-9)19-14(18)17(11)3/h4-6,10,13,15H,7-8H2,1-3H3. The van der Waals surface area contributed by atoms with Crippen molar-refractivity contribution in [2.24, 2.45) is 13.0 Å². The highest BCUT2D eigenvalue weighted by Gasteiger charge is 2.30. The van der Waals surface area contributed by atoms with E-state index in [9.17, 15) is 4.79 Å². The molecule has 2 aromatic rings. The van der Waals surface area contributed by atoms with Crippen molar-refractivity contribution in [3.8, 4) is 0 Å². The summed E-state index contributed by atoms with van der Waals surface area (Å²) in [6, 6.07) is 6.43. The molecule has 2 heterocycles. The van der Waals surface area contributed by atoms with Gasteiger partial charge in [-0.05, 0) is 31.8 Å². The van der Waals surface area contributed by atoms with Gasteiger partial charge in [-0.15, -0.1) is 0 Å². The fourth-order valence-electron chi connectivity index (χ4n) is 2.86. The van der Waals surface area contributed by atoms with Gasteiger partial charge in [0, 0.05) is 32.1 Å². The number of nitrogens with one attached hydrogen (secondary N) is 1. The average Bonchev–Trinajstić information content (AvgIpc) is 2.58. The molecule has 1 aliphatic rings. The SMILES string of the molecule is CN(C)C(c1ccc2c(c1)oc(=O)n2C)C1CNC1. The highest BCUT2D eigenvalue weighted by molar-refractivity contribution is 5.73. The van der Waals surface area contributed by atoms with E-state index in [0.29, 0.717) is 17.5 Å². The van der Waals surface area contributed by atoms with Gasteiger partial charge in [-0.2, -0.15) is 0 Å². The monoisotopic (exact) mass is 261 g/mol. The van der Waals surface area contributed by atoms with Crippen LogP contribution in [-0.2, 0) is 7.05 Å². The van der Waals surface area contributed by atoms with Crippen molar-refractivity contribution in [3.63, 3.8) is 0 Å². The summed E-state index contributed by atoms with van der Waals surface area (Å²) in [4.78, 5) is 13.8. The van der Waals surface area contributed by atoms with E-state index >= 15 is 0 Å². The van der Waals surface area contributed by atoms with Gasteiger partial charge in [0.1, 0.15) is 0 Å². The molecule has 1 aromatic heterocycles. The Balaban J connectivity index is 2.05. The molecule has 102 valence electrons. The maximum absolute atomic E-state index is 11.5. The minimum Gasteiger partial charge on any atom is -0.408 e. The minimum absolute atomic E-state index is 0.307. The molecule has 3 rings (SSSR count). The second kappa shape index (κ2) is 4.51. The third kappa shape index (κ3) is 1.99. The highest BCUT2D eigenvalue weighted by atomic mass is 16.4. The van der Waals surface area contributed by atoms with E-state index in [4.69, 9.17) is 4.42 Å². The van der Waals surface area contributed by atoms with E-state index in [1.807, 2.05) is 12.1 Å². The highest BCUT2D eigenvalue weighted by Crippen LogP contribution is 2.31. The van der Waals surface area contributed by atoms with Crippen molar-refractivity contribution in [2.45, 2.75) is 6.04 Å². The van der Waals surface area contributed by atoms with E-state index in [2.05, 4.69) is 30.4 Å². The Morgan fingerprint density at radius 2 is 2.16 bits per heavy atom. The topological polar surface area (TPSA) is 50.4 Å². The fraction of sp³-hybridized carbons (Fsp3) is 0.500. The number of aromatic nitrogens is 1. The lowest BCUT2D eigenvalue weighted by atomic mass is 9.87. The first-order valence-electron chi connectivity index (χ1n) is 6.54. The molecule has 19 heavy (non-hydrogen) atoms. The molecule has 1 fully saturated rings. The van der Waals surface area contributed by atoms with E-state index in [0.717, 1.165) is 18.6 Å². The van der Waals surface area contributed by atoms with Gasteiger partial charge in [0.25, 0.3) is 0 Å². The molecule has 1 N–H and O–H groups in total. The van der Waals surface area contributed by atoms with Crippen LogP contribution in [0.1, 0.15) is 11.6 Å². The number of hydrogen-bond acceptors (Lipinski definition) is 4. The minimum atomic E-state index is -0.307. The maximum atomic E-state index is 11.5. The molecule has 5 nitrogen and oxygen atoms in total. The zero-order valence-corrected chi connectivity index (χ0v) is 11.5. The molecule has 0 bridgehead atoms. The predicted molar refractivity (Wildman–Crippen MR) is 74.2 cm³/mol. The summed E-state index contributed by atoms with van der Waals surface area (Å²) in [6.45, 7) is 2.08. The Morgan fingerprint density at radius 3 is 2.74 bits per heavy atom. The van der Waals surface area contributed by atoms with Crippen LogP contribution in [0.25, 0.3) is 11.1 Å². The number of aryl methyl sites for hydroxylation is 1. The Bertz CT molecular complexity index is 652. The normalized spacial score (nSPS) is 17.9. The Hall–Kier alpha value is -1.59. The summed E-state index contributed by atoms with van der Waals surface area (Å²) >= 11 is 0. The maximum Gasteiger partial charge on any atom is 0.419 e. The van der Waals surface area contributed by atoms with Crippen LogP contribution in [0.2, 0.25) is 0 Å². The predicted octanol–water partition coefficient (Wildman–Crippen LogP) is 0.954. The molecule has 0 spiro atoms. The summed E-state index contributed by atoms with van der Waals surface area (Å²) in [5.41, 5.74) is 2.72. The van der Waals surface area contributed by atoms with Gasteiger partial charge >= 0.3 is 5.76 Å². The van der Waals surface area contributed by atoms with Crippen molar-refractivity contribution in [3.05, 3.63) is 34.3 Å². The lowest BCUT2D eigenvalue weighted by Gasteiger charge is -2.38. The van der Waals surface area contributed by atoms with Gasteiger partial charge in [-0.1, -0.05) is 6.07 Å². The first-order valence-corrected chi connectivity index (χ1v) is 6.54. The first kappa shape index (κ1) is 12.4. The van der Waals surface area contributed by atoms with Crippen LogP contribution in [0.5, 0.6) is 0 Å². The van der Waals surface area contributed by atoms with Crippen LogP contribution in [0, 0.1) is 5.92 Å². The summed E-state index contributed by atoms with van der Waals surface area (Å²) in [7, 11) is 5.91. The second-order valence-corrected chi connectivity index (χ2v) is 5.48. The summed E-state index contributed by atoms with van der Waals surface area (Å²) in [5.74, 6) is 0.307. The molecule has 0 amide bonds. The zero-order valence-electron chi connectivity index (χ0n) is 11.5. The first-order chi connectivity index (χ1) is 9.08. The van der Waals surface area contributed by atoms with Crippen LogP contribution in [0.3, 0.4) is 0 Å². The largest absolute Gasteiger partial charge is 0.419 e. The number of benzene rings is 1. The molecule has 1 aliphatic heterocycles. The quantitative estimate of drug-likeness (QED) is 0.894. The molecule has 0 saturated carbocycles. The van der Waals surface area contributed by atoms with Crippen LogP contribution in [0.15, 0.2) is 27.4 Å². The van der Waals surface area contributed by atoms with Crippen molar-refractivity contribution in [2.75, 3.05) is 27.2 Å². The van der Waals surface area contributed by atoms with Gasteiger partial charge in [-0.25, -0.2) is 4.79 Å². The third-order valence-corrected chi connectivity index (χ3v) is 3.97. The average molecular weight is 261 g/mol. The Morgan fingerprint density at radius 1 is 1.42 bits per heavy atom. The van der Waals surface area contributed by atoms with E-state index < -0.39 is 0 Å². The number of hydrogen-bond donors (Lipinski definition) is 1. The molecular weight excluding hydrogens is 242 g/mol. The van der Waals surface area contributed by atoms with Crippen LogP contribution >= 0.6 is 0 Å². The Labute approximate surface area is 111 Å². The third-order valence-electron chi connectivity index (χ3n) is 3.97. The smallest absolute Gasteiger partial charge is 0.408 e. The molecule has 0 aliphatic carbocycles. The van der Waals surface area contributed by atoms with Gasteiger partial charge in [0.15, 0.2) is 5.58 Å². The van der Waals surface area contributed by atoms with E-state index in [-0.39, 0.29) is 5.76 Å². The van der Waals surface area contributed by atoms with E-state index in [1.54, 1.807) is 7.05 Å². The van der Waals surface area contributed by atoms with Gasteiger partial charge in [-0.3, -0.25) is 4.57 Å². The lowest BCUT2D eigenvalue weighted by Crippen LogP contribution is -2.48. The van der Waals surface area contributed by atoms with Crippen molar-refractivity contribution in [1.82, 2.24) is 14.8 Å². The summed E-state index contributed by atoms with van der Waals surface area (Å²) in [6.07, 6.45) is 0. The van der Waals surface area contributed by atoms with Crippen LogP contribution in [0.4, 0.5) is 0 Å². The molecular formula is C14H19N3O2. The molecule has 1 unspecified atom stereocenters. The fourth-order valence-corrected chi connectivity index (χ4v) is 2.86. The van der Waals surface area contributed by atoms with E-state index in [1.165, 1.54) is 10.1 Å². The number of oxazole rings is 1. The molecule has 1 saturated heterocycles. The van der Waals surface area contributed by atoms with Crippen LogP contribution in [-0.4, -0.2) is 36.7 Å². The lowest BCUT2D eigenvalue weighted by molar-refractivity contribution is 0.161. The van der Waals surface area contributed by atoms with Gasteiger partial charge in [0.05, 0.1) is 5.52 Å². The summed E-state index contributed by atoms with van der Waals surface area (Å²) < 4.78 is 6.81. The van der Waals surface area contributed by atoms with Crippen molar-refractivity contribution < 1.29 is 4.42 Å². The molecule has 0 radical (unpaired) electrons. The molecule has 5 heteroatoms. The van der Waals surface area contributed by atoms with Crippen LogP contribution < -0.4 is 11.1 Å². The Kier molecular flexibility index (Phi) is 2.95. The second-order valence-electron chi connectivity index (χ2n) is 5.48. The molecule has 1 aromatic carbocycles.